The van der Waals surface area contributed by atoms with E-state index in [0.29, 0.717) is 29.1 Å². The first-order chi connectivity index (χ1) is 15.3. The SMILES string of the molecule is C[SH+](=O)c1ccc2c(c1)CNC2C(=O)Nc1ccc(C(CCF)(C(F)(F)F)C(F)(F)F)cc1. The van der Waals surface area contributed by atoms with Gasteiger partial charge in [-0.05, 0) is 41.0 Å². The number of rotatable bonds is 6. The molecule has 2 aromatic rings. The van der Waals surface area contributed by atoms with Crippen LogP contribution in [0.5, 0.6) is 0 Å². The number of fused-ring (bicyclic) bond motifs is 1. The minimum absolute atomic E-state index is 0.0224. The Labute approximate surface area is 187 Å². The van der Waals surface area contributed by atoms with E-state index in [1.165, 1.54) is 0 Å². The molecule has 1 amide bonds. The Kier molecular flexibility index (Phi) is 6.90. The first-order valence-electron chi connectivity index (χ1n) is 9.69. The third-order valence-corrected chi connectivity index (χ3v) is 6.65. The summed E-state index contributed by atoms with van der Waals surface area (Å²) < 4.78 is 105. The van der Waals surface area contributed by atoms with Gasteiger partial charge < -0.3 is 5.32 Å². The van der Waals surface area contributed by atoms with Gasteiger partial charge in [0.2, 0.25) is 5.91 Å². The highest BCUT2D eigenvalue weighted by atomic mass is 32.2. The fourth-order valence-corrected chi connectivity index (χ4v) is 4.51. The van der Waals surface area contributed by atoms with Crippen molar-refractivity contribution in [3.05, 3.63) is 59.2 Å². The summed E-state index contributed by atoms with van der Waals surface area (Å²) >= 11 is 0. The highest BCUT2D eigenvalue weighted by molar-refractivity contribution is 7.84. The van der Waals surface area contributed by atoms with Crippen molar-refractivity contribution < 1.29 is 39.7 Å². The number of hydrogen-bond donors (Lipinski definition) is 2. The van der Waals surface area contributed by atoms with Gasteiger partial charge in [0, 0.05) is 18.7 Å². The van der Waals surface area contributed by atoms with Gasteiger partial charge in [0.05, 0.1) is 6.67 Å². The maximum absolute atomic E-state index is 13.5. The Hall–Kier alpha value is -2.47. The van der Waals surface area contributed by atoms with Gasteiger partial charge in [-0.2, -0.15) is 26.3 Å². The van der Waals surface area contributed by atoms with E-state index in [-0.39, 0.29) is 5.69 Å². The van der Waals surface area contributed by atoms with Crippen molar-refractivity contribution in [3.8, 4) is 0 Å². The second-order valence-corrected chi connectivity index (χ2v) is 9.11. The molecule has 0 saturated heterocycles. The minimum Gasteiger partial charge on any atom is -0.324 e. The monoisotopic (exact) mass is 497 g/mol. The molecule has 0 spiro atoms. The number of carbonyl (C=O) groups excluding carboxylic acids is 1. The minimum atomic E-state index is -5.78. The number of benzene rings is 2. The van der Waals surface area contributed by atoms with Gasteiger partial charge in [-0.25, -0.2) is 0 Å². The van der Waals surface area contributed by atoms with Crippen molar-refractivity contribution in [1.29, 1.82) is 0 Å². The van der Waals surface area contributed by atoms with E-state index < -0.39 is 59.2 Å². The van der Waals surface area contributed by atoms with Crippen LogP contribution in [-0.2, 0) is 31.8 Å². The molecule has 0 aromatic heterocycles. The van der Waals surface area contributed by atoms with Gasteiger partial charge in [-0.3, -0.25) is 14.5 Å². The molecule has 2 atom stereocenters. The highest BCUT2D eigenvalue weighted by Crippen LogP contribution is 2.54. The maximum atomic E-state index is 13.5. The van der Waals surface area contributed by atoms with Crippen LogP contribution in [0.2, 0.25) is 0 Å². The summed E-state index contributed by atoms with van der Waals surface area (Å²) in [6.45, 7) is -1.50. The lowest BCUT2D eigenvalue weighted by atomic mass is 9.76. The van der Waals surface area contributed by atoms with E-state index >= 15 is 0 Å². The summed E-state index contributed by atoms with van der Waals surface area (Å²) in [6.07, 6.45) is -11.8. The molecule has 33 heavy (non-hydrogen) atoms. The van der Waals surface area contributed by atoms with Gasteiger partial charge in [-0.15, -0.1) is 4.21 Å². The number of alkyl halides is 7. The molecule has 3 rings (SSSR count). The lowest BCUT2D eigenvalue weighted by Gasteiger charge is -2.37. The van der Waals surface area contributed by atoms with E-state index in [4.69, 9.17) is 0 Å². The zero-order valence-electron chi connectivity index (χ0n) is 17.1. The van der Waals surface area contributed by atoms with Crippen molar-refractivity contribution in [2.24, 2.45) is 0 Å². The Bertz CT molecular complexity index is 1040. The molecule has 1 aliphatic rings. The third kappa shape index (κ3) is 4.63. The van der Waals surface area contributed by atoms with Crippen LogP contribution in [0.1, 0.15) is 29.2 Å². The maximum Gasteiger partial charge on any atom is 0.407 e. The average molecular weight is 497 g/mol. The second kappa shape index (κ2) is 9.05. The Morgan fingerprint density at radius 2 is 1.67 bits per heavy atom. The molecule has 1 heterocycles. The summed E-state index contributed by atoms with van der Waals surface area (Å²) in [7, 11) is -1.57. The van der Waals surface area contributed by atoms with Crippen molar-refractivity contribution in [2.45, 2.75) is 41.7 Å². The zero-order chi connectivity index (χ0) is 24.6. The third-order valence-electron chi connectivity index (χ3n) is 5.64. The molecule has 2 aromatic carbocycles. The van der Waals surface area contributed by atoms with Crippen LogP contribution in [-0.4, -0.2) is 31.2 Å². The average Bonchev–Trinajstić information content (AvgIpc) is 3.14. The van der Waals surface area contributed by atoms with Crippen molar-refractivity contribution in [2.75, 3.05) is 18.2 Å². The van der Waals surface area contributed by atoms with Crippen LogP contribution in [0, 0.1) is 0 Å². The fraction of sp³-hybridized carbons (Fsp3) is 0.381. The molecule has 0 bridgehead atoms. The Morgan fingerprint density at radius 3 is 2.18 bits per heavy atom. The number of amides is 1. The molecule has 2 unspecified atom stereocenters. The van der Waals surface area contributed by atoms with Gasteiger partial charge in [-0.1, -0.05) is 18.2 Å². The molecule has 0 aliphatic carbocycles. The molecule has 1 aliphatic heterocycles. The van der Waals surface area contributed by atoms with Crippen LogP contribution < -0.4 is 10.6 Å². The summed E-state index contributed by atoms with van der Waals surface area (Å²) in [5.41, 5.74) is -4.16. The van der Waals surface area contributed by atoms with Crippen molar-refractivity contribution >= 4 is 22.4 Å². The van der Waals surface area contributed by atoms with Crippen LogP contribution in [0.25, 0.3) is 0 Å². The zero-order valence-corrected chi connectivity index (χ0v) is 18.0. The van der Waals surface area contributed by atoms with Gasteiger partial charge in [0.15, 0.2) is 10.3 Å². The van der Waals surface area contributed by atoms with E-state index in [1.807, 2.05) is 0 Å². The fourth-order valence-electron chi connectivity index (χ4n) is 3.89. The molecule has 0 fully saturated rings. The molecule has 12 heteroatoms. The number of halogens is 7. The normalized spacial score (nSPS) is 17.5. The lowest BCUT2D eigenvalue weighted by molar-refractivity contribution is -0.306. The predicted octanol–water partition coefficient (Wildman–Crippen LogP) is 4.88. The van der Waals surface area contributed by atoms with Crippen LogP contribution in [0.4, 0.5) is 36.4 Å². The van der Waals surface area contributed by atoms with E-state index in [0.717, 1.165) is 17.7 Å². The van der Waals surface area contributed by atoms with E-state index in [1.54, 1.807) is 24.5 Å². The van der Waals surface area contributed by atoms with Gasteiger partial charge >= 0.3 is 12.4 Å². The smallest absolute Gasteiger partial charge is 0.324 e. The predicted molar refractivity (Wildman–Crippen MR) is 109 cm³/mol. The summed E-state index contributed by atoms with van der Waals surface area (Å²) in [4.78, 5) is 13.3. The summed E-state index contributed by atoms with van der Waals surface area (Å²) in [5.74, 6) is -0.572. The Morgan fingerprint density at radius 1 is 1.06 bits per heavy atom. The van der Waals surface area contributed by atoms with Gasteiger partial charge in [0.25, 0.3) is 0 Å². The summed E-state index contributed by atoms with van der Waals surface area (Å²) in [5, 5.41) is 5.41. The van der Waals surface area contributed by atoms with Gasteiger partial charge in [0.1, 0.15) is 23.1 Å². The number of anilines is 1. The Balaban J connectivity index is 1.84. The number of thiol groups is 1. The van der Waals surface area contributed by atoms with Crippen LogP contribution >= 0.6 is 0 Å². The molecular weight excluding hydrogens is 477 g/mol. The van der Waals surface area contributed by atoms with Crippen molar-refractivity contribution in [3.63, 3.8) is 0 Å². The first kappa shape index (κ1) is 25.2. The topological polar surface area (TPSA) is 58.2 Å². The first-order valence-corrected chi connectivity index (χ1v) is 11.4. The molecule has 0 radical (unpaired) electrons. The number of carbonyl (C=O) groups is 1. The molecular formula is C21H20F7N2O2S+. The number of nitrogens with one attached hydrogen (secondary N) is 2. The van der Waals surface area contributed by atoms with Crippen molar-refractivity contribution in [1.82, 2.24) is 5.32 Å². The largest absolute Gasteiger partial charge is 0.407 e. The standard InChI is InChI=1S/C21H19F7N2O2S/c1-33(32)15-6-7-16-12(10-15)11-29-17(16)18(31)30-14-4-2-13(3-5-14)19(8-9-22,20(23,24)25)21(26,27)28/h2-7,10,17,29H,8-9,11H2,1H3,(H,30,31)/p+1. The molecule has 180 valence electrons. The molecule has 2 N–H and O–H groups in total. The van der Waals surface area contributed by atoms with E-state index in [9.17, 15) is 39.7 Å². The summed E-state index contributed by atoms with van der Waals surface area (Å²) in [6, 6.07) is 7.18. The van der Waals surface area contributed by atoms with Crippen LogP contribution in [0.3, 0.4) is 0 Å². The van der Waals surface area contributed by atoms with E-state index in [2.05, 4.69) is 10.6 Å². The lowest BCUT2D eigenvalue weighted by Crippen LogP contribution is -2.54. The quantitative estimate of drug-likeness (QED) is 0.340. The second-order valence-electron chi connectivity index (χ2n) is 7.60. The highest BCUT2D eigenvalue weighted by Gasteiger charge is 2.71. The number of hydrogen-bond acceptors (Lipinski definition) is 3. The van der Waals surface area contributed by atoms with Crippen LogP contribution in [0.15, 0.2) is 47.4 Å². The molecule has 4 nitrogen and oxygen atoms in total. The molecule has 0 saturated carbocycles.